The maximum absolute atomic E-state index is 12.0. The van der Waals surface area contributed by atoms with Gasteiger partial charge in [-0.25, -0.2) is 0 Å². The first-order valence-corrected chi connectivity index (χ1v) is 6.90. The lowest BCUT2D eigenvalue weighted by molar-refractivity contribution is 0.955. The van der Waals surface area contributed by atoms with Crippen molar-refractivity contribution in [2.75, 3.05) is 0 Å². The standard InChI is InChI=1S/C16H15N3O/c1-9-3-2-4-12-11(8-17-14(9)12)7-13-15(10-5-6-10)18-19-16(13)20/h2-4,7-8,10H,5-6H2,1H3,(H2,18,19,20). The number of aromatic amines is 2. The highest BCUT2D eigenvalue weighted by molar-refractivity contribution is 6.21. The van der Waals surface area contributed by atoms with Crippen LogP contribution in [-0.4, -0.2) is 16.4 Å². The summed E-state index contributed by atoms with van der Waals surface area (Å²) >= 11 is 0. The highest BCUT2D eigenvalue weighted by atomic mass is 16.1. The number of nitrogens with zero attached hydrogens (tertiary/aromatic N) is 1. The summed E-state index contributed by atoms with van der Waals surface area (Å²) in [6.07, 6.45) is 6.13. The quantitative estimate of drug-likeness (QED) is 0.861. The number of aliphatic imine (C=N–C) groups is 1. The topological polar surface area (TPSA) is 61.0 Å². The molecule has 20 heavy (non-hydrogen) atoms. The molecule has 2 aliphatic rings. The van der Waals surface area contributed by atoms with Crippen LogP contribution in [0.3, 0.4) is 0 Å². The van der Waals surface area contributed by atoms with Crippen molar-refractivity contribution in [1.29, 1.82) is 0 Å². The van der Waals surface area contributed by atoms with Gasteiger partial charge in [0.1, 0.15) is 0 Å². The molecule has 1 aliphatic heterocycles. The molecule has 2 N–H and O–H groups in total. The van der Waals surface area contributed by atoms with Crippen LogP contribution in [0.4, 0.5) is 5.69 Å². The predicted octanol–water partition coefficient (Wildman–Crippen LogP) is 3.15. The molecule has 0 atom stereocenters. The second-order valence-electron chi connectivity index (χ2n) is 5.51. The van der Waals surface area contributed by atoms with Crippen molar-refractivity contribution in [3.8, 4) is 0 Å². The molecule has 2 aromatic rings. The van der Waals surface area contributed by atoms with E-state index in [4.69, 9.17) is 0 Å². The predicted molar refractivity (Wildman–Crippen MR) is 80.6 cm³/mol. The van der Waals surface area contributed by atoms with Gasteiger partial charge in [0.2, 0.25) is 0 Å². The molecule has 0 radical (unpaired) electrons. The molecule has 2 heterocycles. The van der Waals surface area contributed by atoms with Gasteiger partial charge in [0, 0.05) is 29.0 Å². The Balaban J connectivity index is 1.84. The van der Waals surface area contributed by atoms with Gasteiger partial charge < -0.3 is 5.10 Å². The van der Waals surface area contributed by atoms with E-state index in [2.05, 4.69) is 34.2 Å². The molecule has 0 saturated heterocycles. The molecule has 0 amide bonds. The molecule has 1 aromatic carbocycles. The monoisotopic (exact) mass is 265 g/mol. The van der Waals surface area contributed by atoms with Crippen molar-refractivity contribution in [2.24, 2.45) is 4.99 Å². The minimum atomic E-state index is -0.0473. The number of allylic oxidation sites excluding steroid dienone is 1. The van der Waals surface area contributed by atoms with Crippen molar-refractivity contribution in [1.82, 2.24) is 10.2 Å². The maximum Gasteiger partial charge on any atom is 0.271 e. The van der Waals surface area contributed by atoms with E-state index >= 15 is 0 Å². The molecule has 4 rings (SSSR count). The molecule has 4 nitrogen and oxygen atoms in total. The van der Waals surface area contributed by atoms with Crippen LogP contribution in [0, 0.1) is 6.92 Å². The van der Waals surface area contributed by atoms with Gasteiger partial charge in [-0.1, -0.05) is 18.2 Å². The summed E-state index contributed by atoms with van der Waals surface area (Å²) in [5, 5.41) is 5.72. The fraction of sp³-hybridized carbons (Fsp3) is 0.250. The Morgan fingerprint density at radius 2 is 2.15 bits per heavy atom. The molecule has 1 saturated carbocycles. The third-order valence-corrected chi connectivity index (χ3v) is 4.01. The zero-order valence-corrected chi connectivity index (χ0v) is 11.2. The highest BCUT2D eigenvalue weighted by Crippen LogP contribution is 2.41. The number of aryl methyl sites for hydroxylation is 1. The first kappa shape index (κ1) is 11.5. The van der Waals surface area contributed by atoms with Crippen molar-refractivity contribution >= 4 is 23.6 Å². The third kappa shape index (κ3) is 1.68. The number of aromatic nitrogens is 2. The smallest absolute Gasteiger partial charge is 0.271 e. The lowest BCUT2D eigenvalue weighted by atomic mass is 10.0. The minimum Gasteiger partial charge on any atom is -0.301 e. The Hall–Kier alpha value is -2.36. The van der Waals surface area contributed by atoms with Crippen molar-refractivity contribution in [3.05, 3.63) is 50.9 Å². The SMILES string of the molecule is Cc1cccc2c1N=CC2=Cc1c(C2CC2)[nH][nH]c1=O. The highest BCUT2D eigenvalue weighted by Gasteiger charge is 2.28. The number of rotatable bonds is 2. The summed E-state index contributed by atoms with van der Waals surface area (Å²) in [7, 11) is 0. The number of fused-ring (bicyclic) bond motifs is 1. The van der Waals surface area contributed by atoms with Crippen LogP contribution in [0.15, 0.2) is 28.0 Å². The first-order valence-electron chi connectivity index (χ1n) is 6.90. The van der Waals surface area contributed by atoms with Gasteiger partial charge in [-0.05, 0) is 31.4 Å². The Labute approximate surface area is 116 Å². The van der Waals surface area contributed by atoms with Gasteiger partial charge in [-0.3, -0.25) is 14.9 Å². The van der Waals surface area contributed by atoms with Crippen LogP contribution < -0.4 is 5.56 Å². The first-order chi connectivity index (χ1) is 9.74. The van der Waals surface area contributed by atoms with Gasteiger partial charge in [0.05, 0.1) is 11.3 Å². The maximum atomic E-state index is 12.0. The molecule has 4 heteroatoms. The summed E-state index contributed by atoms with van der Waals surface area (Å²) in [5.41, 5.74) is 6.03. The Morgan fingerprint density at radius 3 is 2.95 bits per heavy atom. The van der Waals surface area contributed by atoms with Gasteiger partial charge in [-0.2, -0.15) is 0 Å². The number of benzene rings is 1. The van der Waals surface area contributed by atoms with E-state index in [9.17, 15) is 4.79 Å². The molecule has 0 spiro atoms. The van der Waals surface area contributed by atoms with E-state index in [0.717, 1.165) is 46.5 Å². The van der Waals surface area contributed by atoms with Crippen LogP contribution >= 0.6 is 0 Å². The fourth-order valence-corrected chi connectivity index (χ4v) is 2.76. The Morgan fingerprint density at radius 1 is 1.30 bits per heavy atom. The number of nitrogens with one attached hydrogen (secondary N) is 2. The minimum absolute atomic E-state index is 0.0473. The molecular weight excluding hydrogens is 250 g/mol. The number of hydrogen-bond donors (Lipinski definition) is 2. The van der Waals surface area contributed by atoms with E-state index in [1.54, 1.807) is 0 Å². The van der Waals surface area contributed by atoms with Crippen molar-refractivity contribution in [3.63, 3.8) is 0 Å². The molecule has 0 bridgehead atoms. The summed E-state index contributed by atoms with van der Waals surface area (Å²) in [5.74, 6) is 0.510. The van der Waals surface area contributed by atoms with Crippen LogP contribution in [0.25, 0.3) is 11.6 Å². The van der Waals surface area contributed by atoms with Crippen LogP contribution in [0.1, 0.15) is 41.1 Å². The van der Waals surface area contributed by atoms with Crippen LogP contribution in [0.2, 0.25) is 0 Å². The lowest BCUT2D eigenvalue weighted by Gasteiger charge is -2.02. The van der Waals surface area contributed by atoms with Gasteiger partial charge >= 0.3 is 0 Å². The van der Waals surface area contributed by atoms with E-state index in [0.29, 0.717) is 5.92 Å². The summed E-state index contributed by atoms with van der Waals surface area (Å²) in [6, 6.07) is 6.14. The fourth-order valence-electron chi connectivity index (χ4n) is 2.76. The average Bonchev–Trinajstić information content (AvgIpc) is 3.10. The zero-order chi connectivity index (χ0) is 13.7. The van der Waals surface area contributed by atoms with E-state index in [1.807, 2.05) is 18.4 Å². The second kappa shape index (κ2) is 4.07. The van der Waals surface area contributed by atoms with Crippen LogP contribution in [0.5, 0.6) is 0 Å². The van der Waals surface area contributed by atoms with E-state index < -0.39 is 0 Å². The zero-order valence-electron chi connectivity index (χ0n) is 11.2. The molecular formula is C16H15N3O. The third-order valence-electron chi connectivity index (χ3n) is 4.01. The van der Waals surface area contributed by atoms with Crippen LogP contribution in [-0.2, 0) is 0 Å². The van der Waals surface area contributed by atoms with Crippen molar-refractivity contribution in [2.45, 2.75) is 25.7 Å². The van der Waals surface area contributed by atoms with Gasteiger partial charge in [-0.15, -0.1) is 0 Å². The van der Waals surface area contributed by atoms with Gasteiger partial charge in [0.25, 0.3) is 5.56 Å². The Kier molecular flexibility index (Phi) is 2.33. The van der Waals surface area contributed by atoms with Crippen molar-refractivity contribution < 1.29 is 0 Å². The molecule has 100 valence electrons. The average molecular weight is 265 g/mol. The van der Waals surface area contributed by atoms with E-state index in [-0.39, 0.29) is 5.56 Å². The number of hydrogen-bond acceptors (Lipinski definition) is 2. The largest absolute Gasteiger partial charge is 0.301 e. The molecule has 0 unspecified atom stereocenters. The van der Waals surface area contributed by atoms with E-state index in [1.165, 1.54) is 0 Å². The van der Waals surface area contributed by atoms with Gasteiger partial charge in [0.15, 0.2) is 0 Å². The molecule has 1 fully saturated rings. The second-order valence-corrected chi connectivity index (χ2v) is 5.51. The number of para-hydroxylation sites is 1. The summed E-state index contributed by atoms with van der Waals surface area (Å²) in [4.78, 5) is 16.4. The lowest BCUT2D eigenvalue weighted by Crippen LogP contribution is -2.02. The number of H-pyrrole nitrogens is 2. The summed E-state index contributed by atoms with van der Waals surface area (Å²) in [6.45, 7) is 2.05. The summed E-state index contributed by atoms with van der Waals surface area (Å²) < 4.78 is 0. The molecule has 1 aromatic heterocycles. The normalized spacial score (nSPS) is 18.8. The Bertz CT molecular complexity index is 803. The molecule has 1 aliphatic carbocycles.